The fourth-order valence-corrected chi connectivity index (χ4v) is 4.65. The standard InChI is InChI=1S/C33H40O7/c1-25(18-19-31(34)35-2)39-32-20-29(37-22-27-14-8-4-9-15-27)33(38-23-28-16-10-5-11-17-28)30(40-32)24-36-21-26-12-6-3-7-13-26/h3-17,25,29-30,32-33H,18-24H2,1-2H3/t25-,29-,30-,32+,33+/m1/s1. The van der Waals surface area contributed by atoms with E-state index < -0.39 is 12.4 Å². The first-order chi connectivity index (χ1) is 19.6. The average molecular weight is 549 g/mol. The molecule has 0 amide bonds. The van der Waals surface area contributed by atoms with Crippen LogP contribution >= 0.6 is 0 Å². The van der Waals surface area contributed by atoms with Crippen LogP contribution in [0.5, 0.6) is 0 Å². The second-order valence-corrected chi connectivity index (χ2v) is 10.00. The van der Waals surface area contributed by atoms with E-state index in [0.717, 1.165) is 16.7 Å². The molecule has 214 valence electrons. The molecule has 0 saturated carbocycles. The quantitative estimate of drug-likeness (QED) is 0.221. The number of carbonyl (C=O) groups is 1. The van der Waals surface area contributed by atoms with Crippen LogP contribution in [0.1, 0.15) is 42.9 Å². The minimum Gasteiger partial charge on any atom is -0.469 e. The normalized spacial score (nSPS) is 21.6. The lowest BCUT2D eigenvalue weighted by Gasteiger charge is -2.42. The molecule has 0 unspecified atom stereocenters. The van der Waals surface area contributed by atoms with Gasteiger partial charge < -0.3 is 28.4 Å². The van der Waals surface area contributed by atoms with Crippen LogP contribution in [0.4, 0.5) is 0 Å². The molecule has 1 heterocycles. The predicted octanol–water partition coefficient (Wildman–Crippen LogP) is 5.85. The van der Waals surface area contributed by atoms with E-state index >= 15 is 0 Å². The Morgan fingerprint density at radius 3 is 1.95 bits per heavy atom. The van der Waals surface area contributed by atoms with Crippen LogP contribution in [0.15, 0.2) is 91.0 Å². The van der Waals surface area contributed by atoms with E-state index in [0.29, 0.717) is 39.3 Å². The number of benzene rings is 3. The summed E-state index contributed by atoms with van der Waals surface area (Å²) in [5.74, 6) is -0.259. The molecule has 0 N–H and O–H groups in total. The summed E-state index contributed by atoms with van der Waals surface area (Å²) < 4.78 is 36.6. The molecule has 1 fully saturated rings. The average Bonchev–Trinajstić information content (AvgIpc) is 3.00. The van der Waals surface area contributed by atoms with Crippen LogP contribution in [0, 0.1) is 0 Å². The van der Waals surface area contributed by atoms with Crippen molar-refractivity contribution in [2.45, 2.75) is 76.7 Å². The van der Waals surface area contributed by atoms with Crippen LogP contribution in [0.3, 0.4) is 0 Å². The second kappa shape index (κ2) is 16.3. The number of carbonyl (C=O) groups excluding carboxylic acids is 1. The topological polar surface area (TPSA) is 72.5 Å². The van der Waals surface area contributed by atoms with Crippen molar-refractivity contribution < 1.29 is 33.2 Å². The Morgan fingerprint density at radius 1 is 0.825 bits per heavy atom. The van der Waals surface area contributed by atoms with E-state index in [1.807, 2.05) is 97.9 Å². The van der Waals surface area contributed by atoms with Crippen LogP contribution in [-0.4, -0.2) is 50.4 Å². The third kappa shape index (κ3) is 9.84. The molecule has 3 aromatic carbocycles. The van der Waals surface area contributed by atoms with Crippen molar-refractivity contribution in [2.24, 2.45) is 0 Å². The van der Waals surface area contributed by atoms with Gasteiger partial charge in [-0.25, -0.2) is 0 Å². The lowest BCUT2D eigenvalue weighted by atomic mass is 10.0. The molecule has 7 heteroatoms. The Hall–Kier alpha value is -3.07. The van der Waals surface area contributed by atoms with E-state index in [2.05, 4.69) is 0 Å². The highest BCUT2D eigenvalue weighted by molar-refractivity contribution is 5.69. The van der Waals surface area contributed by atoms with Crippen molar-refractivity contribution in [3.63, 3.8) is 0 Å². The summed E-state index contributed by atoms with van der Waals surface area (Å²) in [7, 11) is 1.39. The molecular formula is C33H40O7. The molecule has 1 aliphatic rings. The summed E-state index contributed by atoms with van der Waals surface area (Å²) in [4.78, 5) is 11.6. The minimum atomic E-state index is -0.532. The van der Waals surface area contributed by atoms with Gasteiger partial charge in [0.15, 0.2) is 6.29 Å². The van der Waals surface area contributed by atoms with Crippen molar-refractivity contribution in [1.29, 1.82) is 0 Å². The summed E-state index contributed by atoms with van der Waals surface area (Å²) in [6.07, 6.45) is -0.507. The van der Waals surface area contributed by atoms with Gasteiger partial charge >= 0.3 is 5.97 Å². The van der Waals surface area contributed by atoms with Crippen molar-refractivity contribution in [1.82, 2.24) is 0 Å². The maximum absolute atomic E-state index is 11.6. The Morgan fingerprint density at radius 2 is 1.38 bits per heavy atom. The molecular weight excluding hydrogens is 508 g/mol. The smallest absolute Gasteiger partial charge is 0.305 e. The van der Waals surface area contributed by atoms with Crippen molar-refractivity contribution in [3.05, 3.63) is 108 Å². The highest BCUT2D eigenvalue weighted by atomic mass is 16.7. The zero-order valence-electron chi connectivity index (χ0n) is 23.4. The molecule has 0 aromatic heterocycles. The Balaban J connectivity index is 1.47. The monoisotopic (exact) mass is 548 g/mol. The van der Waals surface area contributed by atoms with Crippen molar-refractivity contribution in [3.8, 4) is 0 Å². The number of rotatable bonds is 15. The van der Waals surface area contributed by atoms with Gasteiger partial charge in [-0.15, -0.1) is 0 Å². The van der Waals surface area contributed by atoms with Gasteiger partial charge in [-0.1, -0.05) is 91.0 Å². The molecule has 0 spiro atoms. The molecule has 1 aliphatic heterocycles. The first-order valence-corrected chi connectivity index (χ1v) is 13.9. The lowest BCUT2D eigenvalue weighted by molar-refractivity contribution is -0.287. The van der Waals surface area contributed by atoms with E-state index in [1.54, 1.807) is 0 Å². The molecule has 0 bridgehead atoms. The second-order valence-electron chi connectivity index (χ2n) is 10.00. The van der Waals surface area contributed by atoms with Gasteiger partial charge in [-0.2, -0.15) is 0 Å². The van der Waals surface area contributed by atoms with Crippen LogP contribution in [0.25, 0.3) is 0 Å². The summed E-state index contributed by atoms with van der Waals surface area (Å²) in [5, 5.41) is 0. The Kier molecular flexibility index (Phi) is 12.2. The highest BCUT2D eigenvalue weighted by Gasteiger charge is 2.41. The number of esters is 1. The molecule has 5 atom stereocenters. The number of ether oxygens (including phenoxy) is 6. The van der Waals surface area contributed by atoms with Gasteiger partial charge in [0, 0.05) is 12.8 Å². The lowest BCUT2D eigenvalue weighted by Crippen LogP contribution is -2.53. The molecule has 4 rings (SSSR count). The number of hydrogen-bond donors (Lipinski definition) is 0. The SMILES string of the molecule is COC(=O)CC[C@@H](C)O[C@@H]1C[C@@H](OCc2ccccc2)[C@H](OCc2ccccc2)[C@@H](COCc2ccccc2)O1. The minimum absolute atomic E-state index is 0.202. The van der Waals surface area contributed by atoms with Crippen LogP contribution < -0.4 is 0 Å². The fourth-order valence-electron chi connectivity index (χ4n) is 4.65. The van der Waals surface area contributed by atoms with Gasteiger partial charge in [0.05, 0.1) is 45.7 Å². The first-order valence-electron chi connectivity index (χ1n) is 13.9. The Labute approximate surface area is 237 Å². The summed E-state index contributed by atoms with van der Waals surface area (Å²) in [5.41, 5.74) is 3.24. The maximum atomic E-state index is 11.6. The van der Waals surface area contributed by atoms with E-state index in [4.69, 9.17) is 28.4 Å². The molecule has 3 aromatic rings. The van der Waals surface area contributed by atoms with Crippen molar-refractivity contribution >= 4 is 5.97 Å². The molecule has 1 saturated heterocycles. The van der Waals surface area contributed by atoms with Gasteiger partial charge in [-0.05, 0) is 30.0 Å². The first kappa shape index (κ1) is 29.9. The molecule has 0 aliphatic carbocycles. The van der Waals surface area contributed by atoms with E-state index in [1.165, 1.54) is 7.11 Å². The van der Waals surface area contributed by atoms with E-state index in [9.17, 15) is 4.79 Å². The molecule has 7 nitrogen and oxygen atoms in total. The summed E-state index contributed by atoms with van der Waals surface area (Å²) in [6, 6.07) is 30.2. The highest BCUT2D eigenvalue weighted by Crippen LogP contribution is 2.29. The largest absolute Gasteiger partial charge is 0.469 e. The zero-order chi connectivity index (χ0) is 28.0. The van der Waals surface area contributed by atoms with Crippen LogP contribution in [-0.2, 0) is 53.0 Å². The number of hydrogen-bond acceptors (Lipinski definition) is 7. The molecule has 0 radical (unpaired) electrons. The third-order valence-electron chi connectivity index (χ3n) is 6.84. The predicted molar refractivity (Wildman–Crippen MR) is 151 cm³/mol. The maximum Gasteiger partial charge on any atom is 0.305 e. The van der Waals surface area contributed by atoms with Gasteiger partial charge in [-0.3, -0.25) is 4.79 Å². The van der Waals surface area contributed by atoms with Gasteiger partial charge in [0.1, 0.15) is 12.2 Å². The fraction of sp³-hybridized carbons (Fsp3) is 0.424. The summed E-state index contributed by atoms with van der Waals surface area (Å²) >= 11 is 0. The summed E-state index contributed by atoms with van der Waals surface area (Å²) in [6.45, 7) is 3.58. The number of methoxy groups -OCH3 is 1. The Bertz CT molecular complexity index is 1110. The van der Waals surface area contributed by atoms with Gasteiger partial charge in [0.25, 0.3) is 0 Å². The zero-order valence-corrected chi connectivity index (χ0v) is 23.4. The van der Waals surface area contributed by atoms with E-state index in [-0.39, 0.29) is 30.7 Å². The third-order valence-corrected chi connectivity index (χ3v) is 6.84. The molecule has 40 heavy (non-hydrogen) atoms. The van der Waals surface area contributed by atoms with Crippen molar-refractivity contribution in [2.75, 3.05) is 13.7 Å². The van der Waals surface area contributed by atoms with Crippen LogP contribution in [0.2, 0.25) is 0 Å². The van der Waals surface area contributed by atoms with Gasteiger partial charge in [0.2, 0.25) is 0 Å².